The minimum Gasteiger partial charge on any atom is -0.466 e. The van der Waals surface area contributed by atoms with Crippen LogP contribution in [0, 0.1) is 13.8 Å². The Labute approximate surface area is 225 Å². The molecule has 9 heteroatoms. The standard InChI is InChI=1S/C28H30N4O3S2/c1-5-22(26(34)32-27-29-21(16-36-27)15-23(33)35-6-2)37-28-30-24(19-11-7-17(3)8-12-19)25(31-28)20-13-9-18(4)10-14-20/h7-14,16,22H,5-6,15H2,1-4H3,(H,30,31)(H,29,32,34). The first kappa shape index (κ1) is 26.6. The first-order valence-corrected chi connectivity index (χ1v) is 13.9. The lowest BCUT2D eigenvalue weighted by Gasteiger charge is -2.11. The Hall–Kier alpha value is -3.43. The van der Waals surface area contributed by atoms with E-state index in [-0.39, 0.29) is 23.5 Å². The largest absolute Gasteiger partial charge is 0.466 e. The average molecular weight is 535 g/mol. The zero-order chi connectivity index (χ0) is 26.4. The quantitative estimate of drug-likeness (QED) is 0.180. The zero-order valence-electron chi connectivity index (χ0n) is 21.3. The summed E-state index contributed by atoms with van der Waals surface area (Å²) >= 11 is 2.69. The van der Waals surface area contributed by atoms with Crippen LogP contribution in [0.2, 0.25) is 0 Å². The number of esters is 1. The second-order valence-electron chi connectivity index (χ2n) is 8.63. The van der Waals surface area contributed by atoms with Crippen molar-refractivity contribution in [1.82, 2.24) is 15.0 Å². The molecule has 0 aliphatic heterocycles. The number of ether oxygens (including phenoxy) is 1. The van der Waals surface area contributed by atoms with Gasteiger partial charge in [-0.05, 0) is 27.2 Å². The molecule has 4 aromatic rings. The van der Waals surface area contributed by atoms with Crippen molar-refractivity contribution in [1.29, 1.82) is 0 Å². The SMILES string of the molecule is CCOC(=O)Cc1csc(NC(=O)C(CC)Sc2nc(-c3ccc(C)cc3)c(-c3ccc(C)cc3)[nH]2)n1. The van der Waals surface area contributed by atoms with Gasteiger partial charge in [0, 0.05) is 16.5 Å². The van der Waals surface area contributed by atoms with E-state index in [1.54, 1.807) is 12.3 Å². The van der Waals surface area contributed by atoms with E-state index in [2.05, 4.69) is 77.7 Å². The highest BCUT2D eigenvalue weighted by Gasteiger charge is 2.23. The number of hydrogen-bond acceptors (Lipinski definition) is 7. The van der Waals surface area contributed by atoms with E-state index in [0.717, 1.165) is 22.5 Å². The van der Waals surface area contributed by atoms with Gasteiger partial charge < -0.3 is 15.0 Å². The first-order chi connectivity index (χ1) is 17.9. The molecule has 7 nitrogen and oxygen atoms in total. The molecule has 37 heavy (non-hydrogen) atoms. The normalized spacial score (nSPS) is 11.8. The van der Waals surface area contributed by atoms with Crippen LogP contribution in [0.3, 0.4) is 0 Å². The number of nitrogens with one attached hydrogen (secondary N) is 2. The Kier molecular flexibility index (Phi) is 8.78. The molecule has 192 valence electrons. The maximum atomic E-state index is 13.1. The minimum atomic E-state index is -0.375. The fraction of sp³-hybridized carbons (Fsp3) is 0.286. The summed E-state index contributed by atoms with van der Waals surface area (Å²) in [4.78, 5) is 37.5. The van der Waals surface area contributed by atoms with E-state index < -0.39 is 0 Å². The van der Waals surface area contributed by atoms with Gasteiger partial charge in [-0.3, -0.25) is 9.59 Å². The number of thiazole rings is 1. The number of hydrogen-bond donors (Lipinski definition) is 2. The molecule has 0 aliphatic carbocycles. The van der Waals surface area contributed by atoms with E-state index in [1.165, 1.54) is 34.2 Å². The number of carbonyl (C=O) groups is 2. The van der Waals surface area contributed by atoms with Crippen molar-refractivity contribution in [3.63, 3.8) is 0 Å². The molecule has 1 atom stereocenters. The molecule has 0 fully saturated rings. The Morgan fingerprint density at radius 1 is 1.00 bits per heavy atom. The van der Waals surface area contributed by atoms with Gasteiger partial charge in [-0.1, -0.05) is 78.3 Å². The molecule has 2 N–H and O–H groups in total. The third kappa shape index (κ3) is 6.87. The third-order valence-electron chi connectivity index (χ3n) is 5.68. The van der Waals surface area contributed by atoms with E-state index in [9.17, 15) is 9.59 Å². The maximum Gasteiger partial charge on any atom is 0.311 e. The minimum absolute atomic E-state index is 0.0855. The van der Waals surface area contributed by atoms with E-state index in [0.29, 0.717) is 29.0 Å². The Morgan fingerprint density at radius 2 is 1.65 bits per heavy atom. The van der Waals surface area contributed by atoms with Gasteiger partial charge in [-0.15, -0.1) is 11.3 Å². The van der Waals surface area contributed by atoms with Gasteiger partial charge in [0.15, 0.2) is 10.3 Å². The molecule has 1 amide bonds. The summed E-state index contributed by atoms with van der Waals surface area (Å²) in [5, 5.41) is 5.41. The summed E-state index contributed by atoms with van der Waals surface area (Å²) in [6, 6.07) is 16.6. The van der Waals surface area contributed by atoms with Crippen molar-refractivity contribution in [2.24, 2.45) is 0 Å². The van der Waals surface area contributed by atoms with Crippen molar-refractivity contribution >= 4 is 40.1 Å². The predicted octanol–water partition coefficient (Wildman–Crippen LogP) is 6.43. The number of amides is 1. The van der Waals surface area contributed by atoms with Gasteiger partial charge in [-0.2, -0.15) is 0 Å². The lowest BCUT2D eigenvalue weighted by atomic mass is 10.0. The maximum absolute atomic E-state index is 13.1. The molecular formula is C28H30N4O3S2. The number of aryl methyl sites for hydroxylation is 2. The highest BCUT2D eigenvalue weighted by atomic mass is 32.2. The third-order valence-corrected chi connectivity index (χ3v) is 7.73. The second-order valence-corrected chi connectivity index (χ2v) is 10.7. The number of imidazole rings is 1. The number of rotatable bonds is 10. The van der Waals surface area contributed by atoms with Crippen LogP contribution in [0.4, 0.5) is 5.13 Å². The fourth-order valence-electron chi connectivity index (χ4n) is 3.71. The molecular weight excluding hydrogens is 504 g/mol. The van der Waals surface area contributed by atoms with Crippen molar-refractivity contribution in [3.05, 3.63) is 70.7 Å². The molecule has 0 radical (unpaired) electrons. The number of nitrogens with zero attached hydrogens (tertiary/aromatic N) is 2. The van der Waals surface area contributed by atoms with Crippen molar-refractivity contribution in [2.75, 3.05) is 11.9 Å². The van der Waals surface area contributed by atoms with Crippen LogP contribution >= 0.6 is 23.1 Å². The highest BCUT2D eigenvalue weighted by Crippen LogP contribution is 2.35. The summed E-state index contributed by atoms with van der Waals surface area (Å²) < 4.78 is 4.97. The molecule has 1 unspecified atom stereocenters. The number of H-pyrrole nitrogens is 1. The van der Waals surface area contributed by atoms with Crippen molar-refractivity contribution in [3.8, 4) is 22.5 Å². The number of aromatic amines is 1. The smallest absolute Gasteiger partial charge is 0.311 e. The van der Waals surface area contributed by atoms with Crippen LogP contribution in [0.25, 0.3) is 22.5 Å². The van der Waals surface area contributed by atoms with Crippen LogP contribution in [0.15, 0.2) is 59.1 Å². The fourth-order valence-corrected chi connectivity index (χ4v) is 5.33. The first-order valence-electron chi connectivity index (χ1n) is 12.2. The Morgan fingerprint density at radius 3 is 2.27 bits per heavy atom. The molecule has 2 aromatic carbocycles. The average Bonchev–Trinajstić information content (AvgIpc) is 3.50. The Bertz CT molecular complexity index is 1300. The number of carbonyl (C=O) groups excluding carboxylic acids is 2. The zero-order valence-corrected chi connectivity index (χ0v) is 23.0. The molecule has 2 aromatic heterocycles. The lowest BCUT2D eigenvalue weighted by Crippen LogP contribution is -2.24. The van der Waals surface area contributed by atoms with Crippen LogP contribution in [0.5, 0.6) is 0 Å². The van der Waals surface area contributed by atoms with Gasteiger partial charge in [0.25, 0.3) is 0 Å². The van der Waals surface area contributed by atoms with Crippen LogP contribution in [-0.2, 0) is 20.7 Å². The predicted molar refractivity (Wildman–Crippen MR) is 150 cm³/mol. The van der Waals surface area contributed by atoms with Crippen molar-refractivity contribution < 1.29 is 14.3 Å². The summed E-state index contributed by atoms with van der Waals surface area (Å²) in [5.41, 5.74) is 6.77. The number of thioether (sulfide) groups is 1. The molecule has 0 saturated heterocycles. The number of aromatic nitrogens is 3. The van der Waals surface area contributed by atoms with E-state index in [1.807, 2.05) is 6.92 Å². The van der Waals surface area contributed by atoms with Gasteiger partial charge in [-0.25, -0.2) is 9.97 Å². The van der Waals surface area contributed by atoms with Crippen LogP contribution in [-0.4, -0.2) is 38.7 Å². The van der Waals surface area contributed by atoms with E-state index >= 15 is 0 Å². The van der Waals surface area contributed by atoms with Crippen LogP contribution in [0.1, 0.15) is 37.1 Å². The molecule has 2 heterocycles. The van der Waals surface area contributed by atoms with Crippen LogP contribution < -0.4 is 5.32 Å². The number of anilines is 1. The summed E-state index contributed by atoms with van der Waals surface area (Å²) in [5.74, 6) is -0.492. The molecule has 0 bridgehead atoms. The van der Waals surface area contributed by atoms with E-state index in [4.69, 9.17) is 9.72 Å². The molecule has 4 rings (SSSR count). The number of benzene rings is 2. The lowest BCUT2D eigenvalue weighted by molar-refractivity contribution is -0.142. The second kappa shape index (κ2) is 12.2. The van der Waals surface area contributed by atoms with Crippen molar-refractivity contribution in [2.45, 2.75) is 50.9 Å². The molecule has 0 spiro atoms. The molecule has 0 saturated carbocycles. The van der Waals surface area contributed by atoms with Gasteiger partial charge in [0.2, 0.25) is 5.91 Å². The van der Waals surface area contributed by atoms with Gasteiger partial charge in [0.05, 0.1) is 35.4 Å². The van der Waals surface area contributed by atoms with Gasteiger partial charge in [0.1, 0.15) is 0 Å². The molecule has 0 aliphatic rings. The topological polar surface area (TPSA) is 97.0 Å². The monoisotopic (exact) mass is 534 g/mol. The highest BCUT2D eigenvalue weighted by molar-refractivity contribution is 8.00. The Balaban J connectivity index is 1.53. The summed E-state index contributed by atoms with van der Waals surface area (Å²) in [6.45, 7) is 8.18. The summed E-state index contributed by atoms with van der Waals surface area (Å²) in [7, 11) is 0. The van der Waals surface area contributed by atoms with Gasteiger partial charge >= 0.3 is 5.97 Å². The summed E-state index contributed by atoms with van der Waals surface area (Å²) in [6.07, 6.45) is 0.695.